The number of ether oxygens (including phenoxy) is 3. The molecule has 0 bridgehead atoms. The monoisotopic (exact) mass is 429 g/mol. The molecule has 1 amide bonds. The van der Waals surface area contributed by atoms with Crippen LogP contribution in [-0.4, -0.2) is 91.6 Å². The van der Waals surface area contributed by atoms with Crippen molar-refractivity contribution < 1.29 is 24.1 Å². The second kappa shape index (κ2) is 10.4. The molecule has 10 heteroatoms. The lowest BCUT2D eigenvalue weighted by Gasteiger charge is -2.27. The first kappa shape index (κ1) is 21.3. The van der Waals surface area contributed by atoms with Gasteiger partial charge in [0.05, 0.1) is 26.4 Å². The number of morpholine rings is 2. The van der Waals surface area contributed by atoms with Crippen LogP contribution in [0, 0.1) is 0 Å². The Bertz CT molecular complexity index is 884. The smallest absolute Gasteiger partial charge is 0.274 e. The summed E-state index contributed by atoms with van der Waals surface area (Å²) >= 11 is 0. The highest BCUT2D eigenvalue weighted by atomic mass is 16.5. The van der Waals surface area contributed by atoms with E-state index in [1.165, 1.54) is 12.1 Å². The van der Waals surface area contributed by atoms with E-state index in [1.807, 2.05) is 4.90 Å². The van der Waals surface area contributed by atoms with Crippen LogP contribution in [0.15, 0.2) is 30.3 Å². The number of phenols is 1. The fourth-order valence-corrected chi connectivity index (χ4v) is 3.39. The number of hydrogen-bond donors (Lipinski definition) is 2. The van der Waals surface area contributed by atoms with Gasteiger partial charge in [-0.15, -0.1) is 0 Å². The molecule has 0 aliphatic carbocycles. The number of nitrogens with zero attached hydrogens (tertiary/aromatic N) is 4. The summed E-state index contributed by atoms with van der Waals surface area (Å²) in [6.45, 7) is 6.87. The Morgan fingerprint density at radius 3 is 2.55 bits per heavy atom. The second-order valence-corrected chi connectivity index (χ2v) is 7.30. The largest absolute Gasteiger partial charge is 0.508 e. The minimum absolute atomic E-state index is 0.0710. The van der Waals surface area contributed by atoms with Gasteiger partial charge >= 0.3 is 0 Å². The predicted octanol–water partition coefficient (Wildman–Crippen LogP) is 0.982. The summed E-state index contributed by atoms with van der Waals surface area (Å²) < 4.78 is 16.7. The molecule has 2 fully saturated rings. The molecule has 0 saturated carbocycles. The Hall–Kier alpha value is -2.95. The van der Waals surface area contributed by atoms with E-state index in [0.29, 0.717) is 50.4 Å². The Kier molecular flexibility index (Phi) is 7.13. The van der Waals surface area contributed by atoms with Crippen molar-refractivity contribution in [3.05, 3.63) is 36.0 Å². The first-order chi connectivity index (χ1) is 15.2. The maximum atomic E-state index is 12.8. The van der Waals surface area contributed by atoms with Gasteiger partial charge in [0.1, 0.15) is 18.1 Å². The van der Waals surface area contributed by atoms with Crippen LogP contribution in [0.5, 0.6) is 11.6 Å². The van der Waals surface area contributed by atoms with Gasteiger partial charge in [0.25, 0.3) is 5.91 Å². The summed E-state index contributed by atoms with van der Waals surface area (Å²) in [6, 6.07) is 7.91. The summed E-state index contributed by atoms with van der Waals surface area (Å²) in [4.78, 5) is 26.0. The highest BCUT2D eigenvalue weighted by molar-refractivity contribution is 6.03. The van der Waals surface area contributed by atoms with E-state index in [-0.39, 0.29) is 11.4 Å². The number of anilines is 2. The van der Waals surface area contributed by atoms with Crippen LogP contribution >= 0.6 is 0 Å². The van der Waals surface area contributed by atoms with Gasteiger partial charge in [0, 0.05) is 50.5 Å². The molecule has 0 atom stereocenters. The average molecular weight is 429 g/mol. The number of carbonyl (C=O) groups is 1. The molecule has 4 rings (SSSR count). The van der Waals surface area contributed by atoms with E-state index in [1.54, 1.807) is 18.2 Å². The van der Waals surface area contributed by atoms with Gasteiger partial charge in [-0.1, -0.05) is 6.07 Å². The topological polar surface area (TPSA) is 109 Å². The Balaban J connectivity index is 1.48. The van der Waals surface area contributed by atoms with Crippen molar-refractivity contribution in [3.63, 3.8) is 0 Å². The van der Waals surface area contributed by atoms with Gasteiger partial charge in [-0.25, -0.2) is 4.98 Å². The molecule has 0 radical (unpaired) electrons. The van der Waals surface area contributed by atoms with Crippen LogP contribution in [-0.2, 0) is 9.47 Å². The number of hydrogen-bond acceptors (Lipinski definition) is 9. The summed E-state index contributed by atoms with van der Waals surface area (Å²) in [6.07, 6.45) is 0. The normalized spacial score (nSPS) is 17.4. The van der Waals surface area contributed by atoms with Crippen LogP contribution in [0.2, 0.25) is 0 Å². The van der Waals surface area contributed by atoms with Crippen molar-refractivity contribution in [2.24, 2.45) is 0 Å². The number of aromatic nitrogens is 2. The van der Waals surface area contributed by atoms with Crippen molar-refractivity contribution in [1.29, 1.82) is 0 Å². The molecule has 31 heavy (non-hydrogen) atoms. The standard InChI is InChI=1S/C21H27N5O5/c27-17-3-1-2-16(14-17)22-20(28)18-15-19(31-13-6-25-4-9-29-10-5-25)24-21(23-18)26-7-11-30-12-8-26/h1-3,14-15,27H,4-13H2,(H,22,28). The van der Waals surface area contributed by atoms with Gasteiger partial charge in [-0.2, -0.15) is 4.98 Å². The van der Waals surface area contributed by atoms with Crippen LogP contribution in [0.4, 0.5) is 11.6 Å². The SMILES string of the molecule is O=C(Nc1cccc(O)c1)c1cc(OCCN2CCOCC2)nc(N2CCOCC2)n1. The highest BCUT2D eigenvalue weighted by Gasteiger charge is 2.19. The minimum Gasteiger partial charge on any atom is -0.508 e. The fourth-order valence-electron chi connectivity index (χ4n) is 3.39. The Morgan fingerprint density at radius 1 is 1.06 bits per heavy atom. The summed E-state index contributed by atoms with van der Waals surface area (Å²) in [5, 5.41) is 12.4. The van der Waals surface area contributed by atoms with Crippen LogP contribution in [0.3, 0.4) is 0 Å². The lowest BCUT2D eigenvalue weighted by atomic mass is 10.3. The van der Waals surface area contributed by atoms with Crippen molar-refractivity contribution in [3.8, 4) is 11.6 Å². The highest BCUT2D eigenvalue weighted by Crippen LogP contribution is 2.20. The van der Waals surface area contributed by atoms with Gasteiger partial charge in [0.2, 0.25) is 11.8 Å². The van der Waals surface area contributed by atoms with E-state index in [2.05, 4.69) is 20.2 Å². The van der Waals surface area contributed by atoms with Crippen molar-refractivity contribution >= 4 is 17.5 Å². The van der Waals surface area contributed by atoms with Gasteiger partial charge in [0.15, 0.2) is 0 Å². The molecule has 2 saturated heterocycles. The predicted molar refractivity (Wildman–Crippen MR) is 114 cm³/mol. The second-order valence-electron chi connectivity index (χ2n) is 7.30. The lowest BCUT2D eigenvalue weighted by molar-refractivity contribution is 0.0320. The van der Waals surface area contributed by atoms with Crippen LogP contribution < -0.4 is 15.0 Å². The lowest BCUT2D eigenvalue weighted by Crippen LogP contribution is -2.39. The van der Waals surface area contributed by atoms with Crippen molar-refractivity contribution in [2.75, 3.05) is 76.0 Å². The van der Waals surface area contributed by atoms with Gasteiger partial charge in [-0.05, 0) is 12.1 Å². The maximum absolute atomic E-state index is 12.8. The first-order valence-electron chi connectivity index (χ1n) is 10.4. The molecule has 2 N–H and O–H groups in total. The Labute approximate surface area is 180 Å². The van der Waals surface area contributed by atoms with Crippen molar-refractivity contribution in [1.82, 2.24) is 14.9 Å². The van der Waals surface area contributed by atoms with Gasteiger partial charge in [-0.3, -0.25) is 9.69 Å². The zero-order valence-corrected chi connectivity index (χ0v) is 17.3. The summed E-state index contributed by atoms with van der Waals surface area (Å²) in [5.74, 6) is 0.459. The molecule has 2 aliphatic heterocycles. The molecule has 3 heterocycles. The number of nitrogens with one attached hydrogen (secondary N) is 1. The minimum atomic E-state index is -0.402. The molecule has 0 unspecified atom stereocenters. The zero-order valence-electron chi connectivity index (χ0n) is 17.3. The summed E-state index contributed by atoms with van der Waals surface area (Å²) in [7, 11) is 0. The molecular weight excluding hydrogens is 402 g/mol. The molecule has 2 aromatic rings. The molecular formula is C21H27N5O5. The molecule has 2 aliphatic rings. The van der Waals surface area contributed by atoms with Crippen molar-refractivity contribution in [2.45, 2.75) is 0 Å². The van der Waals surface area contributed by atoms with E-state index in [9.17, 15) is 9.90 Å². The molecule has 1 aromatic heterocycles. The van der Waals surface area contributed by atoms with E-state index < -0.39 is 5.91 Å². The third-order valence-electron chi connectivity index (χ3n) is 5.08. The summed E-state index contributed by atoms with van der Waals surface area (Å²) in [5.41, 5.74) is 0.674. The number of amides is 1. The number of phenolic OH excluding ortho intramolecular Hbond substituents is 1. The number of carbonyl (C=O) groups excluding carboxylic acids is 1. The van der Waals surface area contributed by atoms with E-state index in [4.69, 9.17) is 14.2 Å². The molecule has 166 valence electrons. The first-order valence-corrected chi connectivity index (χ1v) is 10.4. The quantitative estimate of drug-likeness (QED) is 0.666. The fraction of sp³-hybridized carbons (Fsp3) is 0.476. The maximum Gasteiger partial charge on any atom is 0.274 e. The molecule has 10 nitrogen and oxygen atoms in total. The van der Waals surface area contributed by atoms with Crippen LogP contribution in [0.25, 0.3) is 0 Å². The van der Waals surface area contributed by atoms with E-state index >= 15 is 0 Å². The Morgan fingerprint density at radius 2 is 1.81 bits per heavy atom. The third kappa shape index (κ3) is 6.03. The molecule has 1 aromatic carbocycles. The van der Waals surface area contributed by atoms with Gasteiger partial charge < -0.3 is 29.5 Å². The van der Waals surface area contributed by atoms with Crippen LogP contribution in [0.1, 0.15) is 10.5 Å². The van der Waals surface area contributed by atoms with E-state index in [0.717, 1.165) is 32.8 Å². The zero-order chi connectivity index (χ0) is 21.5. The number of benzene rings is 1. The molecule has 0 spiro atoms. The number of aromatic hydroxyl groups is 1. The average Bonchev–Trinajstić information content (AvgIpc) is 2.80. The third-order valence-corrected chi connectivity index (χ3v) is 5.08. The number of rotatable bonds is 7.